The van der Waals surface area contributed by atoms with Gasteiger partial charge in [0.25, 0.3) is 0 Å². The van der Waals surface area contributed by atoms with Crippen LogP contribution in [0.5, 0.6) is 0 Å². The summed E-state index contributed by atoms with van der Waals surface area (Å²) in [5.74, 6) is 0.308. The lowest BCUT2D eigenvalue weighted by Gasteiger charge is -2.11. The number of thiophene rings is 1. The number of fused-ring (bicyclic) bond motifs is 4. The van der Waals surface area contributed by atoms with Gasteiger partial charge in [0.2, 0.25) is 0 Å². The zero-order valence-corrected chi connectivity index (χ0v) is 17.8. The van der Waals surface area contributed by atoms with Crippen LogP contribution in [0.2, 0.25) is 0 Å². The van der Waals surface area contributed by atoms with E-state index in [9.17, 15) is 10.4 Å². The molecule has 0 bridgehead atoms. The van der Waals surface area contributed by atoms with Crippen molar-refractivity contribution in [3.05, 3.63) is 51.8 Å². The summed E-state index contributed by atoms with van der Waals surface area (Å²) in [6.07, 6.45) is 6.19. The summed E-state index contributed by atoms with van der Waals surface area (Å²) in [4.78, 5) is 15.9. The van der Waals surface area contributed by atoms with Crippen LogP contribution in [0, 0.1) is 11.3 Å². The number of hydrogen-bond acceptors (Lipinski definition) is 8. The summed E-state index contributed by atoms with van der Waals surface area (Å²) < 4.78 is 0.998. The maximum absolute atomic E-state index is 10.7. The van der Waals surface area contributed by atoms with Crippen LogP contribution in [-0.2, 0) is 12.8 Å². The van der Waals surface area contributed by atoms with Gasteiger partial charge in [-0.05, 0) is 43.4 Å². The van der Waals surface area contributed by atoms with Crippen molar-refractivity contribution in [2.24, 2.45) is 0 Å². The first-order valence-electron chi connectivity index (χ1n) is 9.31. The predicted octanol–water partition coefficient (Wildman–Crippen LogP) is 5.76. The molecule has 1 N–H and O–H groups in total. The predicted molar refractivity (Wildman–Crippen MR) is 120 cm³/mol. The van der Waals surface area contributed by atoms with E-state index in [4.69, 9.17) is 0 Å². The number of aryl methyl sites for hydroxylation is 2. The van der Waals surface area contributed by atoms with Crippen LogP contribution in [0.1, 0.15) is 28.3 Å². The molecule has 1 aliphatic carbocycles. The average molecular weight is 437 g/mol. The van der Waals surface area contributed by atoms with Crippen molar-refractivity contribution in [1.82, 2.24) is 15.0 Å². The minimum Gasteiger partial charge on any atom is -0.510 e. The summed E-state index contributed by atoms with van der Waals surface area (Å²) in [5.41, 5.74) is 2.44. The zero-order valence-electron chi connectivity index (χ0n) is 15.4. The fraction of sp³-hybridized carbons (Fsp3) is 0.238. The third kappa shape index (κ3) is 3.39. The van der Waals surface area contributed by atoms with Crippen molar-refractivity contribution >= 4 is 60.4 Å². The number of allylic oxidation sites excluding steroid dienone is 1. The van der Waals surface area contributed by atoms with Crippen molar-refractivity contribution in [3.63, 3.8) is 0 Å². The van der Waals surface area contributed by atoms with Gasteiger partial charge in [0.1, 0.15) is 38.6 Å². The number of nitriles is 1. The Morgan fingerprint density at radius 2 is 2.03 bits per heavy atom. The van der Waals surface area contributed by atoms with Gasteiger partial charge in [-0.15, -0.1) is 22.7 Å². The molecule has 5 rings (SSSR count). The van der Waals surface area contributed by atoms with Crippen molar-refractivity contribution in [2.45, 2.75) is 30.7 Å². The summed E-state index contributed by atoms with van der Waals surface area (Å²) in [5, 5.41) is 22.9. The van der Waals surface area contributed by atoms with Gasteiger partial charge < -0.3 is 5.11 Å². The van der Waals surface area contributed by atoms with E-state index in [0.717, 1.165) is 38.3 Å². The molecule has 0 atom stereocenters. The molecule has 144 valence electrons. The van der Waals surface area contributed by atoms with Crippen LogP contribution in [0.25, 0.3) is 26.0 Å². The number of aliphatic hydroxyl groups is 1. The molecule has 0 saturated carbocycles. The molecule has 0 saturated heterocycles. The van der Waals surface area contributed by atoms with E-state index in [1.807, 2.05) is 24.3 Å². The fourth-order valence-corrected chi connectivity index (χ4v) is 6.77. The van der Waals surface area contributed by atoms with Gasteiger partial charge in [-0.1, -0.05) is 23.9 Å². The van der Waals surface area contributed by atoms with Gasteiger partial charge in [-0.25, -0.2) is 15.0 Å². The minimum absolute atomic E-state index is 0.0346. The molecule has 29 heavy (non-hydrogen) atoms. The Bertz CT molecular complexity index is 1270. The Morgan fingerprint density at radius 3 is 2.90 bits per heavy atom. The molecule has 0 amide bonds. The lowest BCUT2D eigenvalue weighted by atomic mass is 9.97. The third-order valence-electron chi connectivity index (χ3n) is 4.97. The molecule has 0 unspecified atom stereocenters. The molecule has 1 aliphatic rings. The number of aliphatic hydroxyl groups excluding tert-OH is 1. The number of nitrogens with zero attached hydrogens (tertiary/aromatic N) is 4. The first-order chi connectivity index (χ1) is 14.2. The topological polar surface area (TPSA) is 82.7 Å². The molecule has 5 nitrogen and oxygen atoms in total. The Kier molecular flexibility index (Phi) is 4.96. The molecule has 0 spiro atoms. The number of rotatable bonds is 4. The maximum atomic E-state index is 10.7. The third-order valence-corrected chi connectivity index (χ3v) is 8.22. The summed E-state index contributed by atoms with van der Waals surface area (Å²) in [6, 6.07) is 9.87. The minimum atomic E-state index is 0.0346. The largest absolute Gasteiger partial charge is 0.510 e. The number of aromatic nitrogens is 3. The SMILES string of the molecule is N#C/C(=C(/O)CSc1ncnc2sc3c(c12)CCCC3)c1nc2ccccc2s1. The molecule has 3 aromatic heterocycles. The number of benzene rings is 1. The van der Waals surface area contributed by atoms with E-state index in [0.29, 0.717) is 5.01 Å². The molecule has 0 radical (unpaired) electrons. The smallest absolute Gasteiger partial charge is 0.138 e. The normalized spacial score (nSPS) is 14.6. The number of thioether (sulfide) groups is 1. The van der Waals surface area contributed by atoms with E-state index in [-0.39, 0.29) is 17.1 Å². The van der Waals surface area contributed by atoms with Crippen LogP contribution in [0.15, 0.2) is 41.4 Å². The molecule has 1 aromatic carbocycles. The van der Waals surface area contributed by atoms with Crippen LogP contribution >= 0.6 is 34.4 Å². The zero-order chi connectivity index (χ0) is 19.8. The summed E-state index contributed by atoms with van der Waals surface area (Å²) in [7, 11) is 0. The van der Waals surface area contributed by atoms with Crippen molar-refractivity contribution in [2.75, 3.05) is 5.75 Å². The average Bonchev–Trinajstić information content (AvgIpc) is 3.34. The van der Waals surface area contributed by atoms with Crippen LogP contribution in [-0.4, -0.2) is 25.8 Å². The van der Waals surface area contributed by atoms with E-state index in [1.54, 1.807) is 17.7 Å². The summed E-state index contributed by atoms with van der Waals surface area (Å²) in [6.45, 7) is 0. The fourth-order valence-electron chi connectivity index (χ4n) is 3.59. The van der Waals surface area contributed by atoms with E-state index in [2.05, 4.69) is 21.0 Å². The Hall–Kier alpha value is -2.47. The van der Waals surface area contributed by atoms with Crippen LogP contribution in [0.4, 0.5) is 0 Å². The Labute approximate surface area is 179 Å². The van der Waals surface area contributed by atoms with E-state index >= 15 is 0 Å². The highest BCUT2D eigenvalue weighted by Gasteiger charge is 2.21. The lowest BCUT2D eigenvalue weighted by Crippen LogP contribution is -1.99. The number of thiazole rings is 1. The number of para-hydroxylation sites is 1. The molecule has 0 fully saturated rings. The maximum Gasteiger partial charge on any atom is 0.138 e. The second-order valence-corrected chi connectivity index (χ2v) is 9.86. The van der Waals surface area contributed by atoms with Gasteiger partial charge in [-0.2, -0.15) is 5.26 Å². The molecule has 8 heteroatoms. The molecule has 3 heterocycles. The highest BCUT2D eigenvalue weighted by molar-refractivity contribution is 7.99. The van der Waals surface area contributed by atoms with Crippen LogP contribution in [0.3, 0.4) is 0 Å². The quantitative estimate of drug-likeness (QED) is 0.189. The first-order valence-corrected chi connectivity index (χ1v) is 11.9. The van der Waals surface area contributed by atoms with E-state index < -0.39 is 0 Å². The Balaban J connectivity index is 1.47. The van der Waals surface area contributed by atoms with Gasteiger partial charge in [-0.3, -0.25) is 0 Å². The molecular formula is C21H16N4OS3. The second kappa shape index (κ2) is 7.75. The molecule has 4 aromatic rings. The molecular weight excluding hydrogens is 420 g/mol. The van der Waals surface area contributed by atoms with Crippen molar-refractivity contribution in [1.29, 1.82) is 5.26 Å². The standard InChI is InChI=1S/C21H16N4OS3/c22-9-13(19-25-14-6-2-4-8-17(14)29-19)15(26)10-27-20-18-12-5-1-3-7-16(12)28-21(18)24-11-23-20/h2,4,6,8,11,26H,1,3,5,7,10H2/b15-13-. The van der Waals surface area contributed by atoms with Crippen molar-refractivity contribution < 1.29 is 5.11 Å². The van der Waals surface area contributed by atoms with Crippen LogP contribution < -0.4 is 0 Å². The second-order valence-electron chi connectivity index (χ2n) is 6.78. The first kappa shape index (κ1) is 18.6. The van der Waals surface area contributed by atoms with Gasteiger partial charge in [0.15, 0.2) is 0 Å². The van der Waals surface area contributed by atoms with Crippen molar-refractivity contribution in [3.8, 4) is 6.07 Å². The van der Waals surface area contributed by atoms with Gasteiger partial charge in [0, 0.05) is 10.3 Å². The van der Waals surface area contributed by atoms with Gasteiger partial charge in [0.05, 0.1) is 16.0 Å². The van der Waals surface area contributed by atoms with Gasteiger partial charge >= 0.3 is 0 Å². The number of hydrogen-bond donors (Lipinski definition) is 1. The highest BCUT2D eigenvalue weighted by Crippen LogP contribution is 2.39. The highest BCUT2D eigenvalue weighted by atomic mass is 32.2. The monoisotopic (exact) mass is 436 g/mol. The molecule has 0 aliphatic heterocycles. The Morgan fingerprint density at radius 1 is 1.17 bits per heavy atom. The van der Waals surface area contributed by atoms with E-state index in [1.165, 1.54) is 46.4 Å². The summed E-state index contributed by atoms with van der Waals surface area (Å²) >= 11 is 4.63. The lowest BCUT2D eigenvalue weighted by molar-refractivity contribution is 0.421.